The van der Waals surface area contributed by atoms with Gasteiger partial charge in [0.05, 0.1) is 11.5 Å². The maximum Gasteiger partial charge on any atom is 0.423 e. The van der Waals surface area contributed by atoms with Crippen molar-refractivity contribution in [3.63, 3.8) is 0 Å². The fourth-order valence-corrected chi connectivity index (χ4v) is 1.77. The number of unbranched alkanes of at least 4 members (excludes halogenated alkanes) is 1. The maximum atomic E-state index is 12.7. The van der Waals surface area contributed by atoms with Crippen molar-refractivity contribution in [2.24, 2.45) is 0 Å². The van der Waals surface area contributed by atoms with Gasteiger partial charge < -0.3 is 4.74 Å². The van der Waals surface area contributed by atoms with Crippen LogP contribution in [0.4, 0.5) is 18.9 Å². The molecular formula is C11H11BrF3NO3. The van der Waals surface area contributed by atoms with Gasteiger partial charge in [0, 0.05) is 11.4 Å². The highest BCUT2D eigenvalue weighted by atomic mass is 79.9. The zero-order valence-electron chi connectivity index (χ0n) is 9.74. The second kappa shape index (κ2) is 6.74. The lowest BCUT2D eigenvalue weighted by Crippen LogP contribution is -2.09. The van der Waals surface area contributed by atoms with Crippen LogP contribution in [0.1, 0.15) is 18.4 Å². The topological polar surface area (TPSA) is 52.4 Å². The largest absolute Gasteiger partial charge is 0.494 e. The van der Waals surface area contributed by atoms with Crippen molar-refractivity contribution in [1.82, 2.24) is 0 Å². The van der Waals surface area contributed by atoms with Gasteiger partial charge in [-0.2, -0.15) is 13.2 Å². The Bertz CT molecular complexity index is 451. The molecule has 0 saturated heterocycles. The molecule has 0 aromatic heterocycles. The highest BCUT2D eigenvalue weighted by Gasteiger charge is 2.38. The molecule has 0 heterocycles. The number of benzene rings is 1. The lowest BCUT2D eigenvalue weighted by molar-refractivity contribution is -0.388. The third-order valence-corrected chi connectivity index (χ3v) is 2.83. The summed E-state index contributed by atoms with van der Waals surface area (Å²) in [7, 11) is 0. The first-order chi connectivity index (χ1) is 8.86. The van der Waals surface area contributed by atoms with E-state index in [0.717, 1.165) is 17.8 Å². The molecule has 1 aromatic rings. The first kappa shape index (κ1) is 15.7. The highest BCUT2D eigenvalue weighted by Crippen LogP contribution is 2.38. The van der Waals surface area contributed by atoms with E-state index >= 15 is 0 Å². The SMILES string of the molecule is O=[N+]([O-])c1ccc(OCCCCBr)cc1C(F)(F)F. The van der Waals surface area contributed by atoms with Gasteiger partial charge in [-0.15, -0.1) is 0 Å². The van der Waals surface area contributed by atoms with E-state index in [2.05, 4.69) is 15.9 Å². The van der Waals surface area contributed by atoms with Gasteiger partial charge in [-0.3, -0.25) is 10.1 Å². The van der Waals surface area contributed by atoms with Crippen molar-refractivity contribution in [2.45, 2.75) is 19.0 Å². The summed E-state index contributed by atoms with van der Waals surface area (Å²) in [6.45, 7) is 0.265. The van der Waals surface area contributed by atoms with Gasteiger partial charge in [0.25, 0.3) is 5.69 Å². The highest BCUT2D eigenvalue weighted by molar-refractivity contribution is 9.09. The van der Waals surface area contributed by atoms with E-state index in [1.54, 1.807) is 0 Å². The Balaban J connectivity index is 2.90. The molecule has 4 nitrogen and oxygen atoms in total. The molecule has 106 valence electrons. The fraction of sp³-hybridized carbons (Fsp3) is 0.455. The predicted molar refractivity (Wildman–Crippen MR) is 66.6 cm³/mol. The summed E-state index contributed by atoms with van der Waals surface area (Å²) >= 11 is 3.22. The Morgan fingerprint density at radius 1 is 1.32 bits per heavy atom. The molecule has 0 fully saturated rings. The van der Waals surface area contributed by atoms with Crippen molar-refractivity contribution >= 4 is 21.6 Å². The van der Waals surface area contributed by atoms with Crippen LogP contribution in [0.25, 0.3) is 0 Å². The van der Waals surface area contributed by atoms with Crippen molar-refractivity contribution in [1.29, 1.82) is 0 Å². The van der Waals surface area contributed by atoms with Crippen molar-refractivity contribution in [3.05, 3.63) is 33.9 Å². The fourth-order valence-electron chi connectivity index (χ4n) is 1.38. The molecule has 0 radical (unpaired) electrons. The van der Waals surface area contributed by atoms with E-state index < -0.39 is 22.4 Å². The molecule has 0 unspecified atom stereocenters. The molecule has 0 N–H and O–H groups in total. The Morgan fingerprint density at radius 2 is 2.00 bits per heavy atom. The number of ether oxygens (including phenoxy) is 1. The number of halogens is 4. The summed E-state index contributed by atoms with van der Waals surface area (Å²) in [5.41, 5.74) is -2.27. The average Bonchev–Trinajstić information content (AvgIpc) is 2.33. The Morgan fingerprint density at radius 3 is 2.53 bits per heavy atom. The summed E-state index contributed by atoms with van der Waals surface area (Å²) < 4.78 is 43.1. The normalized spacial score (nSPS) is 11.4. The summed E-state index contributed by atoms with van der Waals surface area (Å²) in [4.78, 5) is 9.48. The molecular weight excluding hydrogens is 331 g/mol. The molecule has 0 spiro atoms. The number of hydrogen-bond acceptors (Lipinski definition) is 3. The molecule has 0 aliphatic carbocycles. The molecule has 0 aliphatic heterocycles. The van der Waals surface area contributed by atoms with Crippen LogP contribution in [-0.4, -0.2) is 16.9 Å². The summed E-state index contributed by atoms with van der Waals surface area (Å²) in [5, 5.41) is 11.3. The molecule has 0 atom stereocenters. The average molecular weight is 342 g/mol. The maximum absolute atomic E-state index is 12.7. The van der Waals surface area contributed by atoms with Crippen LogP contribution in [0.2, 0.25) is 0 Å². The Hall–Kier alpha value is -1.31. The van der Waals surface area contributed by atoms with Crippen LogP contribution in [0.15, 0.2) is 18.2 Å². The van der Waals surface area contributed by atoms with E-state index in [4.69, 9.17) is 4.74 Å². The van der Waals surface area contributed by atoms with E-state index in [1.165, 1.54) is 6.07 Å². The van der Waals surface area contributed by atoms with Crippen LogP contribution >= 0.6 is 15.9 Å². The monoisotopic (exact) mass is 341 g/mol. The van der Waals surface area contributed by atoms with Gasteiger partial charge in [-0.1, -0.05) is 15.9 Å². The van der Waals surface area contributed by atoms with Crippen LogP contribution in [-0.2, 0) is 6.18 Å². The molecule has 1 aromatic carbocycles. The van der Waals surface area contributed by atoms with Gasteiger partial charge >= 0.3 is 6.18 Å². The van der Waals surface area contributed by atoms with Crippen LogP contribution in [0.3, 0.4) is 0 Å². The van der Waals surface area contributed by atoms with E-state index in [1.807, 2.05) is 0 Å². The Labute approximate surface area is 115 Å². The number of alkyl halides is 4. The standard InChI is InChI=1S/C11H11BrF3NO3/c12-5-1-2-6-19-8-3-4-10(16(17)18)9(7-8)11(13,14)15/h3-4,7H,1-2,5-6H2. The number of hydrogen-bond donors (Lipinski definition) is 0. The van der Waals surface area contributed by atoms with E-state index in [0.29, 0.717) is 12.5 Å². The molecule has 0 bridgehead atoms. The molecule has 19 heavy (non-hydrogen) atoms. The van der Waals surface area contributed by atoms with Gasteiger partial charge in [0.15, 0.2) is 0 Å². The minimum atomic E-state index is -4.78. The third-order valence-electron chi connectivity index (χ3n) is 2.27. The molecule has 8 heteroatoms. The first-order valence-corrected chi connectivity index (χ1v) is 6.53. The van der Waals surface area contributed by atoms with Crippen molar-refractivity contribution < 1.29 is 22.8 Å². The zero-order valence-corrected chi connectivity index (χ0v) is 11.3. The number of nitrogens with zero attached hydrogens (tertiary/aromatic N) is 1. The summed E-state index contributed by atoms with van der Waals surface area (Å²) in [5.74, 6) is -0.0208. The van der Waals surface area contributed by atoms with Gasteiger partial charge in [0.2, 0.25) is 0 Å². The molecule has 1 rings (SSSR count). The van der Waals surface area contributed by atoms with Gasteiger partial charge in [0.1, 0.15) is 11.3 Å². The summed E-state index contributed by atoms with van der Waals surface area (Å²) in [6, 6.07) is 2.64. The molecule has 0 aliphatic rings. The smallest absolute Gasteiger partial charge is 0.423 e. The lowest BCUT2D eigenvalue weighted by Gasteiger charge is -2.10. The quantitative estimate of drug-likeness (QED) is 0.337. The van der Waals surface area contributed by atoms with Crippen molar-refractivity contribution in [3.8, 4) is 5.75 Å². The second-order valence-corrected chi connectivity index (χ2v) is 4.47. The lowest BCUT2D eigenvalue weighted by atomic mass is 10.1. The summed E-state index contributed by atoms with van der Waals surface area (Å²) in [6.07, 6.45) is -3.26. The van der Waals surface area contributed by atoms with Crippen LogP contribution in [0.5, 0.6) is 5.75 Å². The number of rotatable bonds is 6. The van der Waals surface area contributed by atoms with E-state index in [9.17, 15) is 23.3 Å². The second-order valence-electron chi connectivity index (χ2n) is 3.68. The van der Waals surface area contributed by atoms with Gasteiger partial charge in [-0.05, 0) is 25.0 Å². The minimum Gasteiger partial charge on any atom is -0.494 e. The Kier molecular flexibility index (Phi) is 5.59. The van der Waals surface area contributed by atoms with E-state index in [-0.39, 0.29) is 12.4 Å². The van der Waals surface area contributed by atoms with Crippen LogP contribution in [0, 0.1) is 10.1 Å². The zero-order chi connectivity index (χ0) is 14.5. The predicted octanol–water partition coefficient (Wildman–Crippen LogP) is 4.17. The van der Waals surface area contributed by atoms with Crippen LogP contribution < -0.4 is 4.74 Å². The first-order valence-electron chi connectivity index (χ1n) is 5.40. The minimum absolute atomic E-state index is 0.0208. The van der Waals surface area contributed by atoms with Gasteiger partial charge in [-0.25, -0.2) is 0 Å². The number of nitro benzene ring substituents is 1. The molecule has 0 saturated carbocycles. The third kappa shape index (κ3) is 4.70. The molecule has 0 amide bonds. The van der Waals surface area contributed by atoms with Crippen molar-refractivity contribution in [2.75, 3.05) is 11.9 Å². The number of nitro groups is 1.